The number of nitrogens with two attached hydrogens (primary N) is 1. The number of aromatic nitrogens is 2. The quantitative estimate of drug-likeness (QED) is 0.860. The Morgan fingerprint density at radius 3 is 3.00 bits per heavy atom. The maximum atomic E-state index is 6.08. The third kappa shape index (κ3) is 2.53. The van der Waals surface area contributed by atoms with Crippen LogP contribution in [0.3, 0.4) is 0 Å². The van der Waals surface area contributed by atoms with Gasteiger partial charge < -0.3 is 10.5 Å². The molecule has 2 N–H and O–H groups in total. The van der Waals surface area contributed by atoms with Gasteiger partial charge in [-0.05, 0) is 43.5 Å². The molecule has 5 heteroatoms. The predicted octanol–water partition coefficient (Wildman–Crippen LogP) is 3.59. The maximum absolute atomic E-state index is 6.08. The van der Waals surface area contributed by atoms with Crippen LogP contribution in [0.25, 0.3) is 11.3 Å². The lowest BCUT2D eigenvalue weighted by Crippen LogP contribution is -2.20. The Morgan fingerprint density at radius 1 is 1.32 bits per heavy atom. The van der Waals surface area contributed by atoms with Crippen LogP contribution in [0.5, 0.6) is 0 Å². The second-order valence-corrected chi connectivity index (χ2v) is 5.63. The highest BCUT2D eigenvalue weighted by molar-refractivity contribution is 9.10. The number of nitrogen functional groups attached to an aromatic ring is 1. The molecule has 0 amide bonds. The lowest BCUT2D eigenvalue weighted by molar-refractivity contribution is -0.0383. The second-order valence-electron chi connectivity index (χ2n) is 4.71. The zero-order valence-electron chi connectivity index (χ0n) is 10.6. The van der Waals surface area contributed by atoms with E-state index in [4.69, 9.17) is 10.5 Å². The van der Waals surface area contributed by atoms with Crippen LogP contribution in [0, 0.1) is 0 Å². The molecule has 3 rings (SSSR count). The summed E-state index contributed by atoms with van der Waals surface area (Å²) in [6.45, 7) is 0.804. The first-order chi connectivity index (χ1) is 9.25. The van der Waals surface area contributed by atoms with Gasteiger partial charge in [0, 0.05) is 28.5 Å². The van der Waals surface area contributed by atoms with Crippen LogP contribution >= 0.6 is 15.9 Å². The molecule has 0 aliphatic carbocycles. The molecule has 1 fully saturated rings. The molecule has 1 atom stereocenters. The fourth-order valence-corrected chi connectivity index (χ4v) is 2.79. The van der Waals surface area contributed by atoms with Gasteiger partial charge in [-0.25, -0.2) is 4.68 Å². The molecule has 0 saturated carbocycles. The molecule has 1 aromatic heterocycles. The minimum Gasteiger partial charge on any atom is -0.398 e. The summed E-state index contributed by atoms with van der Waals surface area (Å²) >= 11 is 3.49. The molecule has 0 bridgehead atoms. The average Bonchev–Trinajstić information content (AvgIpc) is 2.91. The van der Waals surface area contributed by atoms with Gasteiger partial charge in [-0.15, -0.1) is 0 Å². The molecule has 4 nitrogen and oxygen atoms in total. The van der Waals surface area contributed by atoms with Gasteiger partial charge in [-0.3, -0.25) is 0 Å². The molecular formula is C14H16BrN3O. The molecule has 2 heterocycles. The largest absolute Gasteiger partial charge is 0.398 e. The smallest absolute Gasteiger partial charge is 0.150 e. The Hall–Kier alpha value is -1.33. The molecule has 1 aliphatic rings. The molecule has 1 aromatic carbocycles. The summed E-state index contributed by atoms with van der Waals surface area (Å²) in [6, 6.07) is 7.84. The maximum Gasteiger partial charge on any atom is 0.150 e. The summed E-state index contributed by atoms with van der Waals surface area (Å²) in [5, 5.41) is 4.41. The molecule has 1 aliphatic heterocycles. The Kier molecular flexibility index (Phi) is 3.57. The SMILES string of the molecule is Nc1ccc(Br)cc1-c1ccnn1C1CCCCO1. The van der Waals surface area contributed by atoms with Crippen molar-refractivity contribution in [3.8, 4) is 11.3 Å². The summed E-state index contributed by atoms with van der Waals surface area (Å²) in [4.78, 5) is 0. The van der Waals surface area contributed by atoms with Crippen molar-refractivity contribution in [3.05, 3.63) is 34.9 Å². The van der Waals surface area contributed by atoms with Crippen LogP contribution in [0.1, 0.15) is 25.5 Å². The van der Waals surface area contributed by atoms with E-state index in [0.29, 0.717) is 0 Å². The lowest BCUT2D eigenvalue weighted by atomic mass is 10.1. The van der Waals surface area contributed by atoms with Crippen molar-refractivity contribution in [2.75, 3.05) is 12.3 Å². The third-order valence-electron chi connectivity index (χ3n) is 3.39. The number of nitrogens with zero attached hydrogens (tertiary/aromatic N) is 2. The first-order valence-corrected chi connectivity index (χ1v) is 7.25. The van der Waals surface area contributed by atoms with Crippen molar-refractivity contribution in [3.63, 3.8) is 0 Å². The zero-order valence-corrected chi connectivity index (χ0v) is 12.1. The van der Waals surface area contributed by atoms with Crippen molar-refractivity contribution in [1.82, 2.24) is 9.78 Å². The van der Waals surface area contributed by atoms with Crippen molar-refractivity contribution in [1.29, 1.82) is 0 Å². The molecule has 2 aromatic rings. The van der Waals surface area contributed by atoms with E-state index in [1.54, 1.807) is 6.20 Å². The Balaban J connectivity index is 2.01. The van der Waals surface area contributed by atoms with Gasteiger partial charge in [-0.2, -0.15) is 5.10 Å². The second kappa shape index (κ2) is 5.35. The van der Waals surface area contributed by atoms with Gasteiger partial charge in [0.2, 0.25) is 0 Å². The number of rotatable bonds is 2. The van der Waals surface area contributed by atoms with Crippen LogP contribution in [0.4, 0.5) is 5.69 Å². The van der Waals surface area contributed by atoms with Crippen LogP contribution in [-0.2, 0) is 4.74 Å². The molecule has 1 unspecified atom stereocenters. The fraction of sp³-hybridized carbons (Fsp3) is 0.357. The number of hydrogen-bond acceptors (Lipinski definition) is 3. The van der Waals surface area contributed by atoms with E-state index in [1.807, 2.05) is 28.9 Å². The highest BCUT2D eigenvalue weighted by Gasteiger charge is 2.20. The molecule has 100 valence electrons. The topological polar surface area (TPSA) is 53.1 Å². The predicted molar refractivity (Wildman–Crippen MR) is 78.6 cm³/mol. The van der Waals surface area contributed by atoms with E-state index < -0.39 is 0 Å². The van der Waals surface area contributed by atoms with E-state index in [1.165, 1.54) is 6.42 Å². The standard InChI is InChI=1S/C14H16BrN3O/c15-10-4-5-12(16)11(9-10)13-6-7-17-18(13)14-3-1-2-8-19-14/h4-7,9,14H,1-3,8,16H2. The number of anilines is 1. The van der Waals surface area contributed by atoms with Crippen LogP contribution < -0.4 is 5.73 Å². The van der Waals surface area contributed by atoms with Crippen LogP contribution in [-0.4, -0.2) is 16.4 Å². The average molecular weight is 322 g/mol. The van der Waals surface area contributed by atoms with Crippen molar-refractivity contribution >= 4 is 21.6 Å². The molecule has 19 heavy (non-hydrogen) atoms. The molecule has 1 saturated heterocycles. The Bertz CT molecular complexity index is 576. The summed E-state index contributed by atoms with van der Waals surface area (Å²) in [5.74, 6) is 0. The van der Waals surface area contributed by atoms with E-state index in [2.05, 4.69) is 21.0 Å². The normalized spacial score (nSPS) is 19.5. The highest BCUT2D eigenvalue weighted by Crippen LogP contribution is 2.32. The number of ether oxygens (including phenoxy) is 1. The van der Waals surface area contributed by atoms with E-state index in [9.17, 15) is 0 Å². The van der Waals surface area contributed by atoms with Crippen molar-refractivity contribution in [2.45, 2.75) is 25.5 Å². The molecule has 0 spiro atoms. The monoisotopic (exact) mass is 321 g/mol. The Morgan fingerprint density at radius 2 is 2.21 bits per heavy atom. The van der Waals surface area contributed by atoms with E-state index >= 15 is 0 Å². The summed E-state index contributed by atoms with van der Waals surface area (Å²) in [6.07, 6.45) is 5.14. The van der Waals surface area contributed by atoms with E-state index in [0.717, 1.165) is 40.9 Å². The first kappa shape index (κ1) is 12.7. The summed E-state index contributed by atoms with van der Waals surface area (Å²) in [5.41, 5.74) is 8.82. The molecular weight excluding hydrogens is 306 g/mol. The lowest BCUT2D eigenvalue weighted by Gasteiger charge is -2.24. The number of benzene rings is 1. The number of hydrogen-bond donors (Lipinski definition) is 1. The van der Waals surface area contributed by atoms with Gasteiger partial charge in [0.25, 0.3) is 0 Å². The van der Waals surface area contributed by atoms with Crippen molar-refractivity contribution in [2.24, 2.45) is 0 Å². The summed E-state index contributed by atoms with van der Waals surface area (Å²) < 4.78 is 8.75. The molecule has 0 radical (unpaired) electrons. The first-order valence-electron chi connectivity index (χ1n) is 6.46. The van der Waals surface area contributed by atoms with Gasteiger partial charge in [0.1, 0.15) is 0 Å². The van der Waals surface area contributed by atoms with Crippen LogP contribution in [0.15, 0.2) is 34.9 Å². The van der Waals surface area contributed by atoms with E-state index in [-0.39, 0.29) is 6.23 Å². The van der Waals surface area contributed by atoms with Gasteiger partial charge in [-0.1, -0.05) is 15.9 Å². The van der Waals surface area contributed by atoms with Gasteiger partial charge >= 0.3 is 0 Å². The Labute approximate surface area is 120 Å². The third-order valence-corrected chi connectivity index (χ3v) is 3.88. The summed E-state index contributed by atoms with van der Waals surface area (Å²) in [7, 11) is 0. The van der Waals surface area contributed by atoms with Gasteiger partial charge in [0.05, 0.1) is 5.69 Å². The van der Waals surface area contributed by atoms with Crippen molar-refractivity contribution < 1.29 is 4.74 Å². The number of halogens is 1. The minimum atomic E-state index is 0.0251. The zero-order chi connectivity index (χ0) is 13.2. The highest BCUT2D eigenvalue weighted by atomic mass is 79.9. The van der Waals surface area contributed by atoms with Gasteiger partial charge in [0.15, 0.2) is 6.23 Å². The minimum absolute atomic E-state index is 0.0251. The van der Waals surface area contributed by atoms with Crippen LogP contribution in [0.2, 0.25) is 0 Å². The fourth-order valence-electron chi connectivity index (χ4n) is 2.42.